The predicted octanol–water partition coefficient (Wildman–Crippen LogP) is 1.44. The molecule has 26 heavy (non-hydrogen) atoms. The van der Waals surface area contributed by atoms with E-state index in [1.165, 1.54) is 0 Å². The first kappa shape index (κ1) is 16.9. The van der Waals surface area contributed by atoms with E-state index in [2.05, 4.69) is 20.1 Å². The van der Waals surface area contributed by atoms with Crippen LogP contribution in [-0.4, -0.2) is 51.3 Å². The molecule has 0 amide bonds. The lowest BCUT2D eigenvalue weighted by atomic mass is 10.1. The van der Waals surface area contributed by atoms with Crippen molar-refractivity contribution >= 4 is 9.84 Å². The molecule has 4 rings (SSSR count). The van der Waals surface area contributed by atoms with Gasteiger partial charge < -0.3 is 4.52 Å². The van der Waals surface area contributed by atoms with Crippen LogP contribution in [0.3, 0.4) is 0 Å². The molecule has 3 heterocycles. The highest BCUT2D eigenvalue weighted by Crippen LogP contribution is 2.28. The second kappa shape index (κ2) is 6.65. The van der Waals surface area contributed by atoms with Gasteiger partial charge >= 0.3 is 0 Å². The Morgan fingerprint density at radius 2 is 2.08 bits per heavy atom. The van der Waals surface area contributed by atoms with Crippen molar-refractivity contribution in [2.75, 3.05) is 18.1 Å². The van der Waals surface area contributed by atoms with E-state index in [-0.39, 0.29) is 17.5 Å². The van der Waals surface area contributed by atoms with Gasteiger partial charge in [0.15, 0.2) is 15.7 Å². The van der Waals surface area contributed by atoms with Crippen LogP contribution in [0.25, 0.3) is 11.5 Å². The molecule has 1 unspecified atom stereocenters. The summed E-state index contributed by atoms with van der Waals surface area (Å²) in [6.45, 7) is 0.850. The van der Waals surface area contributed by atoms with Gasteiger partial charge in [0, 0.05) is 30.9 Å². The van der Waals surface area contributed by atoms with Crippen molar-refractivity contribution in [1.29, 1.82) is 0 Å². The maximum atomic E-state index is 12.1. The first-order valence-electron chi connectivity index (χ1n) is 8.31. The van der Waals surface area contributed by atoms with Gasteiger partial charge in [-0.1, -0.05) is 23.4 Å². The Balaban J connectivity index is 1.57. The maximum Gasteiger partial charge on any atom is 0.257 e. The van der Waals surface area contributed by atoms with Crippen molar-refractivity contribution in [3.8, 4) is 11.5 Å². The fourth-order valence-corrected chi connectivity index (χ4v) is 4.71. The fraction of sp³-hybridized carbons (Fsp3) is 0.353. The minimum Gasteiger partial charge on any atom is -0.334 e. The van der Waals surface area contributed by atoms with Gasteiger partial charge in [-0.05, 0) is 12.1 Å². The lowest BCUT2D eigenvalue weighted by molar-refractivity contribution is 0.198. The summed E-state index contributed by atoms with van der Waals surface area (Å²) < 4.78 is 31.3. The second-order valence-corrected chi connectivity index (χ2v) is 8.66. The van der Waals surface area contributed by atoms with Crippen molar-refractivity contribution in [1.82, 2.24) is 24.8 Å². The Hall–Kier alpha value is -2.52. The van der Waals surface area contributed by atoms with Gasteiger partial charge in [0.25, 0.3) is 5.89 Å². The van der Waals surface area contributed by atoms with E-state index < -0.39 is 9.84 Å². The molecule has 136 valence electrons. The van der Waals surface area contributed by atoms with Crippen LogP contribution in [-0.2, 0) is 23.4 Å². The van der Waals surface area contributed by atoms with E-state index in [1.807, 2.05) is 43.6 Å². The molecule has 1 fully saturated rings. The molecular weight excluding hydrogens is 354 g/mol. The van der Waals surface area contributed by atoms with Crippen LogP contribution >= 0.6 is 0 Å². The number of nitrogens with zero attached hydrogens (tertiary/aromatic N) is 5. The molecule has 2 aromatic heterocycles. The van der Waals surface area contributed by atoms with Gasteiger partial charge in [0.1, 0.15) is 0 Å². The number of benzene rings is 1. The van der Waals surface area contributed by atoms with Crippen LogP contribution in [0.15, 0.2) is 47.2 Å². The van der Waals surface area contributed by atoms with Crippen molar-refractivity contribution in [3.63, 3.8) is 0 Å². The van der Waals surface area contributed by atoms with Crippen molar-refractivity contribution < 1.29 is 12.9 Å². The van der Waals surface area contributed by atoms with Gasteiger partial charge in [-0.2, -0.15) is 10.1 Å². The average molecular weight is 373 g/mol. The molecule has 0 aliphatic carbocycles. The molecule has 1 aromatic carbocycles. The molecule has 9 heteroatoms. The van der Waals surface area contributed by atoms with Crippen LogP contribution in [0, 0.1) is 0 Å². The summed E-state index contributed by atoms with van der Waals surface area (Å²) in [6, 6.07) is 9.29. The van der Waals surface area contributed by atoms with Crippen LogP contribution in [0.4, 0.5) is 0 Å². The summed E-state index contributed by atoms with van der Waals surface area (Å²) in [5, 5.41) is 8.23. The van der Waals surface area contributed by atoms with Crippen molar-refractivity contribution in [2.24, 2.45) is 7.05 Å². The molecule has 0 N–H and O–H groups in total. The lowest BCUT2D eigenvalue weighted by Crippen LogP contribution is -2.42. The van der Waals surface area contributed by atoms with Gasteiger partial charge in [0.05, 0.1) is 30.3 Å². The topological polar surface area (TPSA) is 94.1 Å². The third-order valence-electron chi connectivity index (χ3n) is 4.49. The molecule has 1 saturated heterocycles. The first-order chi connectivity index (χ1) is 12.5. The highest BCUT2D eigenvalue weighted by atomic mass is 32.2. The van der Waals surface area contributed by atoms with Crippen LogP contribution in [0.2, 0.25) is 0 Å². The quantitative estimate of drug-likeness (QED) is 0.683. The zero-order valence-electron chi connectivity index (χ0n) is 14.3. The predicted molar refractivity (Wildman–Crippen MR) is 94.7 cm³/mol. The van der Waals surface area contributed by atoms with Gasteiger partial charge in [-0.25, -0.2) is 8.42 Å². The lowest BCUT2D eigenvalue weighted by Gasteiger charge is -2.33. The number of hydrogen-bond acceptors (Lipinski definition) is 7. The van der Waals surface area contributed by atoms with E-state index >= 15 is 0 Å². The monoisotopic (exact) mass is 373 g/mol. The molecule has 0 spiro atoms. The number of sulfone groups is 1. The zero-order chi connectivity index (χ0) is 18.1. The average Bonchev–Trinajstić information content (AvgIpc) is 3.26. The highest BCUT2D eigenvalue weighted by Gasteiger charge is 2.33. The summed E-state index contributed by atoms with van der Waals surface area (Å²) in [7, 11) is -1.26. The van der Waals surface area contributed by atoms with E-state index in [4.69, 9.17) is 4.52 Å². The standard InChI is InChI=1S/C17H19N5O3S/c1-21-10-14(9-18-21)15-12-26(23,24)8-7-22(15)11-16-19-17(25-20-16)13-5-3-2-4-6-13/h2-6,9-10,15H,7-8,11-12H2,1H3. The van der Waals surface area contributed by atoms with Gasteiger partial charge in [-0.3, -0.25) is 9.58 Å². The molecular formula is C17H19N5O3S. The maximum absolute atomic E-state index is 12.1. The third kappa shape index (κ3) is 3.54. The molecule has 3 aromatic rings. The van der Waals surface area contributed by atoms with E-state index in [9.17, 15) is 8.42 Å². The highest BCUT2D eigenvalue weighted by molar-refractivity contribution is 7.91. The Morgan fingerprint density at radius 3 is 2.81 bits per heavy atom. The number of aryl methyl sites for hydroxylation is 1. The van der Waals surface area contributed by atoms with Gasteiger partial charge in [0.2, 0.25) is 0 Å². The normalized spacial score (nSPS) is 20.3. The second-order valence-electron chi connectivity index (χ2n) is 6.43. The minimum atomic E-state index is -3.08. The SMILES string of the molecule is Cn1cc(C2CS(=O)(=O)CCN2Cc2noc(-c3ccccc3)n2)cn1. The van der Waals surface area contributed by atoms with E-state index in [0.717, 1.165) is 11.1 Å². The number of aromatic nitrogens is 4. The molecule has 1 aliphatic rings. The number of rotatable bonds is 4. The smallest absolute Gasteiger partial charge is 0.257 e. The zero-order valence-corrected chi connectivity index (χ0v) is 15.1. The van der Waals surface area contributed by atoms with E-state index in [1.54, 1.807) is 10.9 Å². The van der Waals surface area contributed by atoms with Crippen LogP contribution < -0.4 is 0 Å². The summed E-state index contributed by atoms with van der Waals surface area (Å²) in [5.41, 5.74) is 1.74. The van der Waals surface area contributed by atoms with Crippen LogP contribution in [0.1, 0.15) is 17.4 Å². The summed E-state index contributed by atoms with van der Waals surface area (Å²) in [4.78, 5) is 6.52. The van der Waals surface area contributed by atoms with E-state index in [0.29, 0.717) is 24.8 Å². The van der Waals surface area contributed by atoms with Crippen molar-refractivity contribution in [2.45, 2.75) is 12.6 Å². The Bertz CT molecular complexity index is 996. The molecule has 1 atom stereocenters. The minimum absolute atomic E-state index is 0.0715. The summed E-state index contributed by atoms with van der Waals surface area (Å²) in [6.07, 6.45) is 3.56. The largest absolute Gasteiger partial charge is 0.334 e. The summed E-state index contributed by atoms with van der Waals surface area (Å²) >= 11 is 0. The Kier molecular flexibility index (Phi) is 4.33. The number of hydrogen-bond donors (Lipinski definition) is 0. The molecule has 1 aliphatic heterocycles. The molecule has 0 radical (unpaired) electrons. The molecule has 0 saturated carbocycles. The molecule has 8 nitrogen and oxygen atoms in total. The Labute approximate surface area is 151 Å². The first-order valence-corrected chi connectivity index (χ1v) is 10.1. The Morgan fingerprint density at radius 1 is 1.27 bits per heavy atom. The van der Waals surface area contributed by atoms with Crippen molar-refractivity contribution in [3.05, 3.63) is 54.1 Å². The van der Waals surface area contributed by atoms with Gasteiger partial charge in [-0.15, -0.1) is 0 Å². The van der Waals surface area contributed by atoms with Crippen LogP contribution in [0.5, 0.6) is 0 Å². The fourth-order valence-electron chi connectivity index (χ4n) is 3.15. The third-order valence-corrected chi connectivity index (χ3v) is 6.11. The molecule has 0 bridgehead atoms. The summed E-state index contributed by atoms with van der Waals surface area (Å²) in [5.74, 6) is 1.20.